The third kappa shape index (κ3) is 2.46. The van der Waals surface area contributed by atoms with Crippen molar-refractivity contribution in [2.45, 2.75) is 91.1 Å². The zero-order chi connectivity index (χ0) is 16.2. The first-order valence-corrected chi connectivity index (χ1v) is 10.1. The molecule has 0 N–H and O–H groups in total. The molecule has 23 heavy (non-hydrogen) atoms. The fraction of sp³-hybridized carbons (Fsp3) is 0.952. The van der Waals surface area contributed by atoms with Crippen LogP contribution >= 0.6 is 0 Å². The number of carbonyl (C=O) groups is 1. The van der Waals surface area contributed by atoms with Crippen molar-refractivity contribution in [3.8, 4) is 0 Å². The molecule has 2 nitrogen and oxygen atoms in total. The first kappa shape index (κ1) is 16.0. The SMILES string of the molecule is CC(=O)O[C@H]1CC[C@@H]2CC[C@H]3[C@@H](CC[C@@]4(C)CCC[C@@H]34)[C@]2(C)C1. The molecular formula is C21H34O2. The number of rotatable bonds is 1. The molecule has 0 heterocycles. The first-order chi connectivity index (χ1) is 10.9. The van der Waals surface area contributed by atoms with Crippen molar-refractivity contribution < 1.29 is 9.53 Å². The molecule has 4 fully saturated rings. The summed E-state index contributed by atoms with van der Waals surface area (Å²) in [5.74, 6) is 3.61. The second-order valence-corrected chi connectivity index (χ2v) is 9.75. The Morgan fingerprint density at radius 3 is 2.52 bits per heavy atom. The summed E-state index contributed by atoms with van der Waals surface area (Å²) in [6.07, 6.45) is 13.9. The van der Waals surface area contributed by atoms with Crippen molar-refractivity contribution in [3.63, 3.8) is 0 Å². The third-order valence-corrected chi connectivity index (χ3v) is 8.68. The predicted molar refractivity (Wildman–Crippen MR) is 91.9 cm³/mol. The van der Waals surface area contributed by atoms with Gasteiger partial charge in [0.15, 0.2) is 0 Å². The van der Waals surface area contributed by atoms with E-state index in [-0.39, 0.29) is 12.1 Å². The molecule has 0 unspecified atom stereocenters. The van der Waals surface area contributed by atoms with Gasteiger partial charge in [-0.15, -0.1) is 0 Å². The average molecular weight is 319 g/mol. The van der Waals surface area contributed by atoms with Gasteiger partial charge in [0.2, 0.25) is 0 Å². The molecule has 0 aromatic rings. The minimum Gasteiger partial charge on any atom is -0.463 e. The van der Waals surface area contributed by atoms with Gasteiger partial charge in [0.25, 0.3) is 0 Å². The fourth-order valence-electron chi connectivity index (χ4n) is 7.64. The number of fused-ring (bicyclic) bond motifs is 5. The van der Waals surface area contributed by atoms with Gasteiger partial charge in [0, 0.05) is 6.92 Å². The van der Waals surface area contributed by atoms with E-state index >= 15 is 0 Å². The molecule has 0 aromatic heterocycles. The van der Waals surface area contributed by atoms with Gasteiger partial charge >= 0.3 is 5.97 Å². The molecule has 0 radical (unpaired) electrons. The second-order valence-electron chi connectivity index (χ2n) is 9.75. The van der Waals surface area contributed by atoms with Crippen molar-refractivity contribution in [3.05, 3.63) is 0 Å². The zero-order valence-electron chi connectivity index (χ0n) is 15.3. The second kappa shape index (κ2) is 5.49. The quantitative estimate of drug-likeness (QED) is 0.609. The summed E-state index contributed by atoms with van der Waals surface area (Å²) in [6, 6.07) is 0. The molecule has 7 atom stereocenters. The van der Waals surface area contributed by atoms with Gasteiger partial charge in [-0.2, -0.15) is 0 Å². The van der Waals surface area contributed by atoms with Gasteiger partial charge in [-0.25, -0.2) is 0 Å². The largest absolute Gasteiger partial charge is 0.463 e. The van der Waals surface area contributed by atoms with E-state index in [1.54, 1.807) is 6.92 Å². The number of hydrogen-bond donors (Lipinski definition) is 0. The maximum Gasteiger partial charge on any atom is 0.302 e. The summed E-state index contributed by atoms with van der Waals surface area (Å²) in [4.78, 5) is 11.4. The Morgan fingerprint density at radius 1 is 0.957 bits per heavy atom. The number of esters is 1. The molecule has 4 rings (SSSR count). The highest BCUT2D eigenvalue weighted by molar-refractivity contribution is 5.66. The van der Waals surface area contributed by atoms with Crippen LogP contribution in [0.4, 0.5) is 0 Å². The average Bonchev–Trinajstić information content (AvgIpc) is 2.87. The van der Waals surface area contributed by atoms with Crippen LogP contribution in [-0.4, -0.2) is 12.1 Å². The summed E-state index contributed by atoms with van der Waals surface area (Å²) in [6.45, 7) is 6.71. The van der Waals surface area contributed by atoms with Gasteiger partial charge in [-0.3, -0.25) is 4.79 Å². The van der Waals surface area contributed by atoms with Crippen molar-refractivity contribution in [2.75, 3.05) is 0 Å². The smallest absolute Gasteiger partial charge is 0.302 e. The van der Waals surface area contributed by atoms with Crippen LogP contribution in [0.1, 0.15) is 85.0 Å². The third-order valence-electron chi connectivity index (χ3n) is 8.68. The van der Waals surface area contributed by atoms with E-state index in [0.29, 0.717) is 10.8 Å². The Balaban J connectivity index is 1.57. The van der Waals surface area contributed by atoms with E-state index in [1.165, 1.54) is 51.4 Å². The maximum atomic E-state index is 11.4. The molecule has 2 heteroatoms. The normalized spacial score (nSPS) is 52.2. The van der Waals surface area contributed by atoms with Gasteiger partial charge in [-0.05, 0) is 92.3 Å². The van der Waals surface area contributed by atoms with Crippen molar-refractivity contribution in [1.82, 2.24) is 0 Å². The lowest BCUT2D eigenvalue weighted by molar-refractivity contribution is -0.161. The number of ether oxygens (including phenoxy) is 1. The molecule has 0 spiro atoms. The summed E-state index contributed by atoms with van der Waals surface area (Å²) < 4.78 is 5.65. The maximum absolute atomic E-state index is 11.4. The molecule has 4 saturated carbocycles. The molecule has 0 aliphatic heterocycles. The van der Waals surface area contributed by atoms with Crippen LogP contribution in [0.2, 0.25) is 0 Å². The Hall–Kier alpha value is -0.530. The Morgan fingerprint density at radius 2 is 1.74 bits per heavy atom. The van der Waals surface area contributed by atoms with Crippen LogP contribution in [0.3, 0.4) is 0 Å². The highest BCUT2D eigenvalue weighted by Crippen LogP contribution is 2.66. The van der Waals surface area contributed by atoms with Crippen LogP contribution in [0.15, 0.2) is 0 Å². The summed E-state index contributed by atoms with van der Waals surface area (Å²) in [7, 11) is 0. The van der Waals surface area contributed by atoms with E-state index < -0.39 is 0 Å². The van der Waals surface area contributed by atoms with Crippen molar-refractivity contribution >= 4 is 5.97 Å². The van der Waals surface area contributed by atoms with Gasteiger partial charge in [-0.1, -0.05) is 20.3 Å². The number of hydrogen-bond acceptors (Lipinski definition) is 2. The van der Waals surface area contributed by atoms with Crippen molar-refractivity contribution in [1.29, 1.82) is 0 Å². The molecule has 130 valence electrons. The molecular weight excluding hydrogens is 284 g/mol. The highest BCUT2D eigenvalue weighted by atomic mass is 16.5. The lowest BCUT2D eigenvalue weighted by Crippen LogP contribution is -2.53. The summed E-state index contributed by atoms with van der Waals surface area (Å²) in [5.41, 5.74) is 1.07. The molecule has 0 amide bonds. The standard InChI is InChI=1S/C21H34O2/c1-14(22)23-16-8-6-15-7-9-17-18-5-4-11-20(18,2)12-10-19(17)21(15,3)13-16/h15-19H,4-13H2,1-3H3/t15-,16+,17-,18+,19-,20-,21-/m1/s1. The zero-order valence-corrected chi connectivity index (χ0v) is 15.3. The van der Waals surface area contributed by atoms with Crippen LogP contribution in [0, 0.1) is 34.5 Å². The Kier molecular flexibility index (Phi) is 3.81. The number of carbonyl (C=O) groups excluding carboxylic acids is 1. The fourth-order valence-corrected chi connectivity index (χ4v) is 7.64. The summed E-state index contributed by atoms with van der Waals surface area (Å²) >= 11 is 0. The predicted octanol–water partition coefficient (Wildman–Crippen LogP) is 5.35. The molecule has 0 aromatic carbocycles. The van der Waals surface area contributed by atoms with E-state index in [0.717, 1.165) is 36.5 Å². The lowest BCUT2D eigenvalue weighted by atomic mass is 9.45. The monoisotopic (exact) mass is 318 g/mol. The Bertz CT molecular complexity index is 486. The Labute approximate surface area is 141 Å². The molecule has 4 aliphatic carbocycles. The summed E-state index contributed by atoms with van der Waals surface area (Å²) in [5, 5.41) is 0. The van der Waals surface area contributed by atoms with Gasteiger partial charge in [0.05, 0.1) is 0 Å². The minimum absolute atomic E-state index is 0.0866. The van der Waals surface area contributed by atoms with Crippen LogP contribution < -0.4 is 0 Å². The lowest BCUT2D eigenvalue weighted by Gasteiger charge is -2.60. The molecule has 0 bridgehead atoms. The minimum atomic E-state index is -0.0866. The van der Waals surface area contributed by atoms with E-state index in [4.69, 9.17) is 4.74 Å². The van der Waals surface area contributed by atoms with Gasteiger partial charge in [0.1, 0.15) is 6.10 Å². The van der Waals surface area contributed by atoms with E-state index in [9.17, 15) is 4.79 Å². The van der Waals surface area contributed by atoms with Crippen LogP contribution in [0.25, 0.3) is 0 Å². The molecule has 0 saturated heterocycles. The van der Waals surface area contributed by atoms with Crippen molar-refractivity contribution in [2.24, 2.45) is 34.5 Å². The molecule has 4 aliphatic rings. The topological polar surface area (TPSA) is 26.3 Å². The van der Waals surface area contributed by atoms with Crippen LogP contribution in [0.5, 0.6) is 0 Å². The highest BCUT2D eigenvalue weighted by Gasteiger charge is 2.58. The first-order valence-electron chi connectivity index (χ1n) is 10.1. The van der Waals surface area contributed by atoms with Crippen LogP contribution in [-0.2, 0) is 9.53 Å². The van der Waals surface area contributed by atoms with Gasteiger partial charge < -0.3 is 4.74 Å². The van der Waals surface area contributed by atoms with E-state index in [2.05, 4.69) is 13.8 Å². The van der Waals surface area contributed by atoms with E-state index in [1.807, 2.05) is 0 Å².